The first-order chi connectivity index (χ1) is 12.2. The monoisotopic (exact) mass is 357 g/mol. The number of hydrogen-bond donors (Lipinski definition) is 1. The Bertz CT molecular complexity index is 951. The Hall–Kier alpha value is -2.93. The highest BCUT2D eigenvalue weighted by atomic mass is 35.5. The van der Waals surface area contributed by atoms with E-state index in [1.165, 1.54) is 10.7 Å². The smallest absolute Gasteiger partial charge is 0.248 e. The number of nitrogens with zero attached hydrogens (tertiary/aromatic N) is 4. The second-order valence-electron chi connectivity index (χ2n) is 5.46. The molecular formula is C17H13ClFN5O. The van der Waals surface area contributed by atoms with Crippen LogP contribution in [0.1, 0.15) is 17.2 Å². The van der Waals surface area contributed by atoms with Gasteiger partial charge in [0, 0.05) is 21.8 Å². The van der Waals surface area contributed by atoms with Crippen molar-refractivity contribution in [3.8, 4) is 5.75 Å². The molecule has 4 rings (SSSR count). The summed E-state index contributed by atoms with van der Waals surface area (Å²) in [6, 6.07) is 11.5. The van der Waals surface area contributed by atoms with Gasteiger partial charge in [0.15, 0.2) is 0 Å². The fraction of sp³-hybridized carbons (Fsp3) is 0.118. The third kappa shape index (κ3) is 2.72. The summed E-state index contributed by atoms with van der Waals surface area (Å²) in [5.74, 6) is 0.706. The molecule has 0 saturated heterocycles. The van der Waals surface area contributed by atoms with Crippen LogP contribution < -0.4 is 10.1 Å². The van der Waals surface area contributed by atoms with Crippen LogP contribution in [0.4, 0.5) is 10.3 Å². The molecule has 2 heterocycles. The second kappa shape index (κ2) is 6.18. The molecule has 3 aromatic rings. The summed E-state index contributed by atoms with van der Waals surface area (Å²) >= 11 is 6.25. The largest absolute Gasteiger partial charge is 0.497 e. The van der Waals surface area contributed by atoms with Crippen molar-refractivity contribution in [1.29, 1.82) is 0 Å². The van der Waals surface area contributed by atoms with Gasteiger partial charge in [0.25, 0.3) is 0 Å². The van der Waals surface area contributed by atoms with Gasteiger partial charge in [-0.15, -0.1) is 0 Å². The van der Waals surface area contributed by atoms with Crippen molar-refractivity contribution in [2.45, 2.75) is 6.04 Å². The molecule has 1 aromatic heterocycles. The molecule has 0 unspecified atom stereocenters. The maximum absolute atomic E-state index is 14.4. The van der Waals surface area contributed by atoms with E-state index in [4.69, 9.17) is 16.3 Å². The van der Waals surface area contributed by atoms with Crippen molar-refractivity contribution < 1.29 is 9.13 Å². The lowest BCUT2D eigenvalue weighted by molar-refractivity contribution is 0.414. The van der Waals surface area contributed by atoms with Gasteiger partial charge in [0.2, 0.25) is 5.95 Å². The Labute approximate surface area is 147 Å². The highest BCUT2D eigenvalue weighted by molar-refractivity contribution is 6.31. The van der Waals surface area contributed by atoms with Crippen molar-refractivity contribution in [3.05, 3.63) is 70.5 Å². The minimum Gasteiger partial charge on any atom is -0.497 e. The van der Waals surface area contributed by atoms with Crippen LogP contribution in [0.15, 0.2) is 48.5 Å². The lowest BCUT2D eigenvalue weighted by atomic mass is 10.0. The van der Waals surface area contributed by atoms with Gasteiger partial charge in [-0.25, -0.2) is 4.39 Å². The topological polar surface area (TPSA) is 64.9 Å². The molecule has 1 N–H and O–H groups in total. The molecule has 8 heteroatoms. The first-order valence-electron chi connectivity index (χ1n) is 7.52. The average molecular weight is 358 g/mol. The van der Waals surface area contributed by atoms with Gasteiger partial charge in [-0.1, -0.05) is 34.9 Å². The predicted octanol–water partition coefficient (Wildman–Crippen LogP) is 3.53. The first-order valence-corrected chi connectivity index (χ1v) is 7.90. The van der Waals surface area contributed by atoms with Crippen LogP contribution in [0, 0.1) is 5.82 Å². The number of rotatable bonds is 3. The molecule has 0 amide bonds. The fourth-order valence-electron chi connectivity index (χ4n) is 2.81. The van der Waals surface area contributed by atoms with Crippen LogP contribution in [0.25, 0.3) is 5.70 Å². The molecule has 1 aliphatic rings. The number of ether oxygens (including phenoxy) is 1. The van der Waals surface area contributed by atoms with Crippen LogP contribution in [0.3, 0.4) is 0 Å². The SMILES string of the molecule is COc1cccc(C2=C[C@@H](c3c(F)cccc3Cl)n3nnnc3N2)c1. The van der Waals surface area contributed by atoms with Gasteiger partial charge in [0.05, 0.1) is 7.11 Å². The summed E-state index contributed by atoms with van der Waals surface area (Å²) in [6.07, 6.45) is 1.84. The maximum Gasteiger partial charge on any atom is 0.248 e. The molecule has 0 bridgehead atoms. The van der Waals surface area contributed by atoms with Gasteiger partial charge in [-0.05, 0) is 40.8 Å². The summed E-state index contributed by atoms with van der Waals surface area (Å²) in [7, 11) is 1.60. The standard InChI is InChI=1S/C17H13ClFN5O/c1-25-11-5-2-4-10(8-11)14-9-15(24-17(20-14)21-22-23-24)16-12(18)6-3-7-13(16)19/h2-9,15H,1H3,(H,20,21,23)/t15-/m0/s1. The average Bonchev–Trinajstić information content (AvgIpc) is 3.10. The lowest BCUT2D eigenvalue weighted by Gasteiger charge is -2.24. The van der Waals surface area contributed by atoms with Crippen molar-refractivity contribution in [3.63, 3.8) is 0 Å². The number of anilines is 1. The zero-order valence-electron chi connectivity index (χ0n) is 13.1. The van der Waals surface area contributed by atoms with Gasteiger partial charge in [0.1, 0.15) is 17.6 Å². The van der Waals surface area contributed by atoms with Crippen LogP contribution >= 0.6 is 11.6 Å². The number of hydrogen-bond acceptors (Lipinski definition) is 5. The quantitative estimate of drug-likeness (QED) is 0.776. The van der Waals surface area contributed by atoms with E-state index < -0.39 is 11.9 Å². The lowest BCUT2D eigenvalue weighted by Crippen LogP contribution is -2.21. The Balaban J connectivity index is 1.86. The van der Waals surface area contributed by atoms with Gasteiger partial charge in [-0.2, -0.15) is 4.68 Å². The molecule has 0 radical (unpaired) electrons. The van der Waals surface area contributed by atoms with E-state index in [1.807, 2.05) is 30.3 Å². The van der Waals surface area contributed by atoms with E-state index in [1.54, 1.807) is 19.2 Å². The molecule has 0 spiro atoms. The van der Waals surface area contributed by atoms with E-state index in [-0.39, 0.29) is 0 Å². The van der Waals surface area contributed by atoms with Gasteiger partial charge in [-0.3, -0.25) is 0 Å². The van der Waals surface area contributed by atoms with Crippen molar-refractivity contribution >= 4 is 23.2 Å². The Morgan fingerprint density at radius 3 is 2.88 bits per heavy atom. The number of allylic oxidation sites excluding steroid dienone is 1. The zero-order valence-corrected chi connectivity index (χ0v) is 13.9. The number of methoxy groups -OCH3 is 1. The summed E-state index contributed by atoms with van der Waals surface area (Å²) in [6.45, 7) is 0. The Morgan fingerprint density at radius 1 is 1.24 bits per heavy atom. The Kier molecular flexibility index (Phi) is 3.85. The van der Waals surface area contributed by atoms with Gasteiger partial charge >= 0.3 is 0 Å². The highest BCUT2D eigenvalue weighted by Gasteiger charge is 2.28. The van der Waals surface area contributed by atoms with Crippen molar-refractivity contribution in [2.24, 2.45) is 0 Å². The fourth-order valence-corrected chi connectivity index (χ4v) is 3.09. The molecule has 2 aromatic carbocycles. The van der Waals surface area contributed by atoms with Gasteiger partial charge < -0.3 is 10.1 Å². The molecule has 0 saturated carbocycles. The minimum absolute atomic E-state index is 0.314. The number of nitrogens with one attached hydrogen (secondary N) is 1. The van der Waals surface area contributed by atoms with Crippen LogP contribution in [-0.4, -0.2) is 27.3 Å². The highest BCUT2D eigenvalue weighted by Crippen LogP contribution is 2.36. The number of fused-ring (bicyclic) bond motifs is 1. The molecule has 0 fully saturated rings. The molecular weight excluding hydrogens is 345 g/mol. The molecule has 6 nitrogen and oxygen atoms in total. The van der Waals surface area contributed by atoms with E-state index in [9.17, 15) is 4.39 Å². The molecule has 0 aliphatic carbocycles. The summed E-state index contributed by atoms with van der Waals surface area (Å²) in [5, 5.41) is 15.1. The third-order valence-corrected chi connectivity index (χ3v) is 4.33. The van der Waals surface area contributed by atoms with E-state index in [2.05, 4.69) is 20.8 Å². The minimum atomic E-state index is -0.568. The summed E-state index contributed by atoms with van der Waals surface area (Å²) in [4.78, 5) is 0. The van der Waals surface area contributed by atoms with Crippen LogP contribution in [0.2, 0.25) is 5.02 Å². The second-order valence-corrected chi connectivity index (χ2v) is 5.87. The normalized spacial score (nSPS) is 16.0. The summed E-state index contributed by atoms with van der Waals surface area (Å²) < 4.78 is 21.2. The van der Waals surface area contributed by atoms with Crippen molar-refractivity contribution in [2.75, 3.05) is 12.4 Å². The number of halogens is 2. The molecule has 1 atom stereocenters. The van der Waals surface area contributed by atoms with E-state index >= 15 is 0 Å². The summed E-state index contributed by atoms with van der Waals surface area (Å²) in [5.41, 5.74) is 1.93. The van der Waals surface area contributed by atoms with Crippen LogP contribution in [0.5, 0.6) is 5.75 Å². The van der Waals surface area contributed by atoms with E-state index in [0.717, 1.165) is 11.3 Å². The van der Waals surface area contributed by atoms with Crippen molar-refractivity contribution in [1.82, 2.24) is 20.2 Å². The third-order valence-electron chi connectivity index (χ3n) is 4.00. The molecule has 126 valence electrons. The number of benzene rings is 2. The predicted molar refractivity (Wildman–Crippen MR) is 92.0 cm³/mol. The Morgan fingerprint density at radius 2 is 2.08 bits per heavy atom. The van der Waals surface area contributed by atoms with Crippen LogP contribution in [-0.2, 0) is 0 Å². The first kappa shape index (κ1) is 15.6. The zero-order chi connectivity index (χ0) is 17.4. The number of aromatic nitrogens is 4. The maximum atomic E-state index is 14.4. The van der Waals surface area contributed by atoms with E-state index in [0.29, 0.717) is 22.3 Å². The molecule has 1 aliphatic heterocycles. The molecule has 25 heavy (non-hydrogen) atoms. The number of tetrazole rings is 1.